The van der Waals surface area contributed by atoms with Crippen molar-refractivity contribution < 1.29 is 33.2 Å². The van der Waals surface area contributed by atoms with E-state index in [0.717, 1.165) is 4.90 Å². The standard InChI is InChI=1S/C24H37BN2O7/c1-21(2,3)31-19(29)26(11)17-13-12-16(25-33-23(7,8)24(9,10)34-25)14-18(17)27(15-28)20(30)32-22(4,5)6/h12-15H,1-11H3. The highest BCUT2D eigenvalue weighted by molar-refractivity contribution is 6.62. The Labute approximate surface area is 202 Å². The summed E-state index contributed by atoms with van der Waals surface area (Å²) in [6.45, 7) is 18.0. The minimum absolute atomic E-state index is 0.129. The largest absolute Gasteiger partial charge is 0.494 e. The van der Waals surface area contributed by atoms with Gasteiger partial charge in [-0.1, -0.05) is 6.07 Å². The molecule has 0 atom stereocenters. The van der Waals surface area contributed by atoms with Crippen LogP contribution in [0.3, 0.4) is 0 Å². The zero-order valence-electron chi connectivity index (χ0n) is 22.1. The molecule has 1 heterocycles. The Balaban J connectivity index is 2.57. The van der Waals surface area contributed by atoms with Gasteiger partial charge in [0.2, 0.25) is 6.41 Å². The normalized spacial score (nSPS) is 17.2. The van der Waals surface area contributed by atoms with Crippen LogP contribution in [0.2, 0.25) is 0 Å². The second-order valence-corrected chi connectivity index (χ2v) is 11.3. The summed E-state index contributed by atoms with van der Waals surface area (Å²) in [7, 11) is 0.760. The lowest BCUT2D eigenvalue weighted by Gasteiger charge is -2.32. The molecule has 10 heteroatoms. The van der Waals surface area contributed by atoms with Crippen LogP contribution in [0.5, 0.6) is 0 Å². The van der Waals surface area contributed by atoms with Gasteiger partial charge in [0.25, 0.3) is 0 Å². The van der Waals surface area contributed by atoms with Gasteiger partial charge in [-0.25, -0.2) is 14.5 Å². The Morgan fingerprint density at radius 1 is 0.882 bits per heavy atom. The number of imide groups is 1. The van der Waals surface area contributed by atoms with E-state index < -0.39 is 41.7 Å². The maximum Gasteiger partial charge on any atom is 0.494 e. The van der Waals surface area contributed by atoms with Crippen LogP contribution in [-0.4, -0.2) is 55.2 Å². The first-order chi connectivity index (χ1) is 15.3. The molecule has 0 spiro atoms. The number of anilines is 2. The number of rotatable bonds is 4. The third kappa shape index (κ3) is 6.30. The monoisotopic (exact) mass is 476 g/mol. The van der Waals surface area contributed by atoms with Crippen molar-refractivity contribution >= 4 is 42.6 Å². The summed E-state index contributed by atoms with van der Waals surface area (Å²) in [4.78, 5) is 39.8. The van der Waals surface area contributed by atoms with E-state index >= 15 is 0 Å². The van der Waals surface area contributed by atoms with E-state index in [0.29, 0.717) is 11.9 Å². The third-order valence-corrected chi connectivity index (χ3v) is 5.51. The van der Waals surface area contributed by atoms with Crippen LogP contribution in [0, 0.1) is 0 Å². The smallest absolute Gasteiger partial charge is 0.443 e. The van der Waals surface area contributed by atoms with Crippen LogP contribution in [0.15, 0.2) is 18.2 Å². The van der Waals surface area contributed by atoms with Crippen molar-refractivity contribution in [2.75, 3.05) is 16.8 Å². The Kier molecular flexibility index (Phi) is 7.50. The van der Waals surface area contributed by atoms with Crippen LogP contribution >= 0.6 is 0 Å². The average molecular weight is 476 g/mol. The van der Waals surface area contributed by atoms with Gasteiger partial charge in [0.1, 0.15) is 11.2 Å². The molecule has 0 radical (unpaired) electrons. The first-order valence-corrected chi connectivity index (χ1v) is 11.2. The number of benzene rings is 1. The van der Waals surface area contributed by atoms with E-state index in [1.54, 1.807) is 59.7 Å². The second kappa shape index (κ2) is 9.22. The molecular weight excluding hydrogens is 439 g/mol. The summed E-state index contributed by atoms with van der Waals surface area (Å²) in [5.74, 6) is 0. The van der Waals surface area contributed by atoms with Crippen molar-refractivity contribution in [2.24, 2.45) is 0 Å². The summed E-state index contributed by atoms with van der Waals surface area (Å²) in [6, 6.07) is 4.91. The topological polar surface area (TPSA) is 94.6 Å². The van der Waals surface area contributed by atoms with Gasteiger partial charge in [-0.05, 0) is 86.8 Å². The van der Waals surface area contributed by atoms with Gasteiger partial charge in [0.05, 0.1) is 22.6 Å². The van der Waals surface area contributed by atoms with Gasteiger partial charge in [0.15, 0.2) is 0 Å². The summed E-state index contributed by atoms with van der Waals surface area (Å²) in [6.07, 6.45) is -1.18. The summed E-state index contributed by atoms with van der Waals surface area (Å²) < 4.78 is 23.1. The molecular formula is C24H37BN2O7. The lowest BCUT2D eigenvalue weighted by Crippen LogP contribution is -2.41. The minimum Gasteiger partial charge on any atom is -0.443 e. The van der Waals surface area contributed by atoms with Gasteiger partial charge in [0, 0.05) is 7.05 Å². The van der Waals surface area contributed by atoms with E-state index in [1.807, 2.05) is 27.7 Å². The van der Waals surface area contributed by atoms with Gasteiger partial charge in [-0.2, -0.15) is 0 Å². The Bertz CT molecular complexity index is 932. The number of amides is 3. The van der Waals surface area contributed by atoms with Crippen molar-refractivity contribution in [2.45, 2.75) is 91.6 Å². The van der Waals surface area contributed by atoms with Crippen LogP contribution in [0.25, 0.3) is 0 Å². The molecule has 0 unspecified atom stereocenters. The average Bonchev–Trinajstić information content (AvgIpc) is 2.86. The molecule has 9 nitrogen and oxygen atoms in total. The third-order valence-electron chi connectivity index (χ3n) is 5.51. The molecule has 1 fully saturated rings. The fourth-order valence-corrected chi connectivity index (χ4v) is 3.08. The zero-order valence-corrected chi connectivity index (χ0v) is 22.1. The molecule has 0 N–H and O–H groups in total. The maximum atomic E-state index is 12.9. The molecule has 2 rings (SSSR count). The van der Waals surface area contributed by atoms with Crippen molar-refractivity contribution in [3.63, 3.8) is 0 Å². The molecule has 34 heavy (non-hydrogen) atoms. The number of carbonyl (C=O) groups excluding carboxylic acids is 3. The molecule has 188 valence electrons. The molecule has 0 bridgehead atoms. The lowest BCUT2D eigenvalue weighted by atomic mass is 9.78. The van der Waals surface area contributed by atoms with Crippen molar-refractivity contribution in [3.05, 3.63) is 18.2 Å². The maximum absolute atomic E-state index is 12.9. The summed E-state index contributed by atoms with van der Waals surface area (Å²) >= 11 is 0. The molecule has 1 saturated heterocycles. The van der Waals surface area contributed by atoms with Crippen LogP contribution < -0.4 is 15.3 Å². The SMILES string of the molecule is CN(C(=O)OC(C)(C)C)c1ccc(B2OC(C)(C)C(C)(C)O2)cc1N(C=O)C(=O)OC(C)(C)C. The highest BCUT2D eigenvalue weighted by Gasteiger charge is 2.52. The first-order valence-electron chi connectivity index (χ1n) is 11.2. The number of nitrogens with zero attached hydrogens (tertiary/aromatic N) is 2. The predicted molar refractivity (Wildman–Crippen MR) is 132 cm³/mol. The summed E-state index contributed by atoms with van der Waals surface area (Å²) in [5.41, 5.74) is -1.76. The Morgan fingerprint density at radius 2 is 1.35 bits per heavy atom. The number of ether oxygens (including phenoxy) is 2. The highest BCUT2D eigenvalue weighted by Crippen LogP contribution is 2.37. The molecule has 0 saturated carbocycles. The van der Waals surface area contributed by atoms with Gasteiger partial charge in [-0.3, -0.25) is 9.69 Å². The predicted octanol–water partition coefficient (Wildman–Crippen LogP) is 4.26. The van der Waals surface area contributed by atoms with E-state index in [2.05, 4.69) is 0 Å². The van der Waals surface area contributed by atoms with E-state index in [9.17, 15) is 14.4 Å². The van der Waals surface area contributed by atoms with Crippen molar-refractivity contribution in [1.82, 2.24) is 0 Å². The van der Waals surface area contributed by atoms with Gasteiger partial charge < -0.3 is 18.8 Å². The Morgan fingerprint density at radius 3 is 1.79 bits per heavy atom. The first kappa shape index (κ1) is 27.7. The zero-order chi connectivity index (χ0) is 26.3. The van der Waals surface area contributed by atoms with Crippen LogP contribution in [0.4, 0.5) is 21.0 Å². The molecule has 3 amide bonds. The molecule has 0 aliphatic carbocycles. The number of carbonyl (C=O) groups is 3. The Hall–Kier alpha value is -2.59. The second-order valence-electron chi connectivity index (χ2n) is 11.3. The fraction of sp³-hybridized carbons (Fsp3) is 0.625. The van der Waals surface area contributed by atoms with Gasteiger partial charge >= 0.3 is 19.3 Å². The lowest BCUT2D eigenvalue weighted by molar-refractivity contribution is -0.107. The molecule has 0 aromatic heterocycles. The summed E-state index contributed by atoms with van der Waals surface area (Å²) in [5, 5.41) is 0. The van der Waals surface area contributed by atoms with Crippen LogP contribution in [-0.2, 0) is 23.6 Å². The molecule has 1 aliphatic heterocycles. The van der Waals surface area contributed by atoms with E-state index in [-0.39, 0.29) is 11.4 Å². The van der Waals surface area contributed by atoms with E-state index in [4.69, 9.17) is 18.8 Å². The fourth-order valence-electron chi connectivity index (χ4n) is 3.08. The quantitative estimate of drug-likeness (QED) is 0.474. The van der Waals surface area contributed by atoms with Crippen molar-refractivity contribution in [1.29, 1.82) is 0 Å². The van der Waals surface area contributed by atoms with E-state index in [1.165, 1.54) is 11.9 Å². The molecule has 1 aromatic rings. The highest BCUT2D eigenvalue weighted by atomic mass is 16.7. The molecule has 1 aliphatic rings. The molecule has 1 aromatic carbocycles. The van der Waals surface area contributed by atoms with Crippen molar-refractivity contribution in [3.8, 4) is 0 Å². The minimum atomic E-state index is -0.882. The number of hydrogen-bond donors (Lipinski definition) is 0. The number of hydrogen-bond acceptors (Lipinski definition) is 7. The van der Waals surface area contributed by atoms with Crippen LogP contribution in [0.1, 0.15) is 69.2 Å². The van der Waals surface area contributed by atoms with Gasteiger partial charge in [-0.15, -0.1) is 0 Å².